The van der Waals surface area contributed by atoms with Gasteiger partial charge >= 0.3 is 0 Å². The number of piperidine rings is 1. The minimum Gasteiger partial charge on any atom is -0.480 e. The van der Waals surface area contributed by atoms with Crippen molar-refractivity contribution >= 4 is 23.5 Å². The normalized spacial score (nSPS) is 32.0. The van der Waals surface area contributed by atoms with Gasteiger partial charge in [-0.2, -0.15) is 10.2 Å². The van der Waals surface area contributed by atoms with Gasteiger partial charge in [0.05, 0.1) is 24.6 Å². The smallest absolute Gasteiger partial charge is 0.236 e. The number of methoxy groups -OCH3 is 1. The van der Waals surface area contributed by atoms with E-state index in [0.717, 1.165) is 0 Å². The predicted molar refractivity (Wildman–Crippen MR) is 93.7 cm³/mol. The van der Waals surface area contributed by atoms with Crippen molar-refractivity contribution in [3.8, 4) is 11.9 Å². The lowest BCUT2D eigenvalue weighted by molar-refractivity contribution is -0.130. The summed E-state index contributed by atoms with van der Waals surface area (Å²) in [5.74, 6) is 0.212. The van der Waals surface area contributed by atoms with Crippen LogP contribution in [0.15, 0.2) is 6.20 Å². The monoisotopic (exact) mass is 381 g/mol. The number of aromatic nitrogens is 2. The van der Waals surface area contributed by atoms with Gasteiger partial charge < -0.3 is 15.4 Å². The first-order valence-electron chi connectivity index (χ1n) is 8.59. The summed E-state index contributed by atoms with van der Waals surface area (Å²) in [5.41, 5.74) is 0.236. The van der Waals surface area contributed by atoms with E-state index < -0.39 is 11.5 Å². The third-order valence-electron chi connectivity index (χ3n) is 5.22. The molecule has 1 aliphatic carbocycles. The van der Waals surface area contributed by atoms with Crippen LogP contribution in [0.2, 0.25) is 0 Å². The molecule has 140 valence electrons. The maximum Gasteiger partial charge on any atom is 0.236 e. The molecule has 0 radical (unpaired) electrons. The van der Waals surface area contributed by atoms with Crippen molar-refractivity contribution in [1.82, 2.24) is 15.3 Å². The Balaban J connectivity index is 1.69. The number of carbonyl (C=O) groups is 1. The molecule has 1 aromatic rings. The molecule has 0 bridgehead atoms. The second-order valence-electron chi connectivity index (χ2n) is 6.88. The molecule has 3 rings (SSSR count). The number of ether oxygens (including phenoxy) is 1. The molecule has 2 N–H and O–H groups in total. The minimum absolute atomic E-state index is 0.105. The molecular formula is C17H21ClFN5O2. The Bertz CT molecular complexity index is 728. The average Bonchev–Trinajstić information content (AvgIpc) is 2.62. The summed E-state index contributed by atoms with van der Waals surface area (Å²) in [7, 11) is 1.43. The molecule has 7 nitrogen and oxygen atoms in total. The quantitative estimate of drug-likeness (QED) is 0.774. The third kappa shape index (κ3) is 3.68. The molecular weight excluding hydrogens is 361 g/mol. The first kappa shape index (κ1) is 18.6. The lowest BCUT2D eigenvalue weighted by atomic mass is 9.73. The van der Waals surface area contributed by atoms with Crippen LogP contribution in [-0.4, -0.2) is 46.6 Å². The molecule has 0 spiro atoms. The van der Waals surface area contributed by atoms with Gasteiger partial charge in [0.1, 0.15) is 17.8 Å². The lowest BCUT2D eigenvalue weighted by Gasteiger charge is -2.43. The maximum atomic E-state index is 13.8. The van der Waals surface area contributed by atoms with Gasteiger partial charge in [0, 0.05) is 18.5 Å². The van der Waals surface area contributed by atoms with E-state index in [-0.39, 0.29) is 53.6 Å². The summed E-state index contributed by atoms with van der Waals surface area (Å²) in [6.45, 7) is 1.87. The Morgan fingerprint density at radius 1 is 1.50 bits per heavy atom. The zero-order chi connectivity index (χ0) is 18.8. The van der Waals surface area contributed by atoms with Crippen LogP contribution in [0.4, 0.5) is 10.3 Å². The third-order valence-corrected chi connectivity index (χ3v) is 5.67. The van der Waals surface area contributed by atoms with E-state index in [1.54, 1.807) is 0 Å². The number of fused-ring (bicyclic) bond motifs is 1. The molecule has 26 heavy (non-hydrogen) atoms. The fourth-order valence-electron chi connectivity index (χ4n) is 3.75. The number of carbonyl (C=O) groups excluding carboxylic acids is 1. The highest BCUT2D eigenvalue weighted by Crippen LogP contribution is 2.38. The second-order valence-corrected chi connectivity index (χ2v) is 7.44. The molecule has 2 fully saturated rings. The summed E-state index contributed by atoms with van der Waals surface area (Å²) in [4.78, 5) is 20.7. The van der Waals surface area contributed by atoms with E-state index in [1.807, 2.05) is 13.0 Å². The van der Waals surface area contributed by atoms with Crippen molar-refractivity contribution in [2.75, 3.05) is 12.4 Å². The summed E-state index contributed by atoms with van der Waals surface area (Å²) in [5, 5.41) is 14.5. The molecule has 2 aliphatic rings. The number of nitrogens with zero attached hydrogens (tertiary/aromatic N) is 3. The van der Waals surface area contributed by atoms with Crippen molar-refractivity contribution in [2.24, 2.45) is 11.8 Å². The van der Waals surface area contributed by atoms with Crippen LogP contribution in [0.5, 0.6) is 5.88 Å². The van der Waals surface area contributed by atoms with E-state index in [1.165, 1.54) is 13.3 Å². The Morgan fingerprint density at radius 2 is 2.27 bits per heavy atom. The Kier molecular flexibility index (Phi) is 5.47. The van der Waals surface area contributed by atoms with Gasteiger partial charge in [-0.25, -0.2) is 9.37 Å². The van der Waals surface area contributed by atoms with Crippen molar-refractivity contribution < 1.29 is 13.9 Å². The van der Waals surface area contributed by atoms with E-state index in [2.05, 4.69) is 20.6 Å². The number of anilines is 1. The highest BCUT2D eigenvalue weighted by atomic mass is 35.5. The van der Waals surface area contributed by atoms with Gasteiger partial charge in [-0.05, 0) is 25.7 Å². The van der Waals surface area contributed by atoms with Crippen LogP contribution >= 0.6 is 11.6 Å². The van der Waals surface area contributed by atoms with Gasteiger partial charge in [-0.3, -0.25) is 4.79 Å². The first-order chi connectivity index (χ1) is 12.4. The van der Waals surface area contributed by atoms with Gasteiger partial charge in [-0.15, -0.1) is 11.6 Å². The molecule has 1 aromatic heterocycles. The summed E-state index contributed by atoms with van der Waals surface area (Å²) in [6, 6.07) is 1.56. The highest BCUT2D eigenvalue weighted by molar-refractivity contribution is 6.21. The fourth-order valence-corrected chi connectivity index (χ4v) is 4.08. The Labute approximate surface area is 156 Å². The molecule has 9 heteroatoms. The zero-order valence-corrected chi connectivity index (χ0v) is 15.3. The van der Waals surface area contributed by atoms with E-state index >= 15 is 0 Å². The van der Waals surface area contributed by atoms with Crippen molar-refractivity contribution in [2.45, 2.75) is 49.8 Å². The maximum absolute atomic E-state index is 13.8. The Hall–Kier alpha value is -2.14. The van der Waals surface area contributed by atoms with Gasteiger partial charge in [-0.1, -0.05) is 0 Å². The van der Waals surface area contributed by atoms with Crippen molar-refractivity contribution in [3.63, 3.8) is 0 Å². The molecule has 1 aliphatic heterocycles. The molecule has 1 amide bonds. The van der Waals surface area contributed by atoms with Crippen molar-refractivity contribution in [1.29, 1.82) is 5.26 Å². The van der Waals surface area contributed by atoms with E-state index in [4.69, 9.17) is 21.6 Å². The average molecular weight is 382 g/mol. The fraction of sp³-hybridized carbons (Fsp3) is 0.647. The van der Waals surface area contributed by atoms with Crippen LogP contribution in [0.25, 0.3) is 0 Å². The molecule has 1 saturated carbocycles. The van der Waals surface area contributed by atoms with Crippen LogP contribution in [0.3, 0.4) is 0 Å². The summed E-state index contributed by atoms with van der Waals surface area (Å²) < 4.78 is 18.9. The molecule has 0 aromatic carbocycles. The topological polar surface area (TPSA) is 99.9 Å². The highest BCUT2D eigenvalue weighted by Gasteiger charge is 2.44. The largest absolute Gasteiger partial charge is 0.480 e. The number of nitrogens with one attached hydrogen (secondary N) is 2. The molecule has 6 unspecified atom stereocenters. The van der Waals surface area contributed by atoms with Gasteiger partial charge in [0.15, 0.2) is 0 Å². The number of alkyl halides is 2. The SMILES string of the molecule is COc1nc(NC(C)C2CC3CC(Cl)C(F)CC3NC2=O)ncc1C#N. The van der Waals surface area contributed by atoms with Gasteiger partial charge in [0.25, 0.3) is 0 Å². The van der Waals surface area contributed by atoms with Crippen molar-refractivity contribution in [3.05, 3.63) is 11.8 Å². The summed E-state index contributed by atoms with van der Waals surface area (Å²) >= 11 is 6.08. The molecule has 6 atom stereocenters. The van der Waals surface area contributed by atoms with Gasteiger partial charge in [0.2, 0.25) is 17.7 Å². The Morgan fingerprint density at radius 3 is 2.96 bits per heavy atom. The molecule has 2 heterocycles. The van der Waals surface area contributed by atoms with E-state index in [0.29, 0.717) is 12.8 Å². The van der Waals surface area contributed by atoms with Crippen LogP contribution < -0.4 is 15.4 Å². The number of halogens is 2. The second kappa shape index (κ2) is 7.62. The predicted octanol–water partition coefficient (Wildman–Crippen LogP) is 2.02. The number of nitriles is 1. The van der Waals surface area contributed by atoms with Crippen LogP contribution in [-0.2, 0) is 4.79 Å². The van der Waals surface area contributed by atoms with E-state index in [9.17, 15) is 9.18 Å². The lowest BCUT2D eigenvalue weighted by Crippen LogP contribution is -2.56. The number of hydrogen-bond acceptors (Lipinski definition) is 6. The first-order valence-corrected chi connectivity index (χ1v) is 9.02. The zero-order valence-electron chi connectivity index (χ0n) is 14.6. The molecule has 1 saturated heterocycles. The number of rotatable bonds is 4. The minimum atomic E-state index is -1.08. The van der Waals surface area contributed by atoms with Crippen LogP contribution in [0, 0.1) is 23.2 Å². The number of amides is 1. The standard InChI is InChI=1S/C17H21ClFN5O2/c1-8(22-17-21-7-10(6-20)16(24-17)26-2)11-3-9-4-12(18)13(19)5-14(9)23-15(11)25/h7-9,11-14H,3-5H2,1-2H3,(H,23,25)(H,21,22,24). The summed E-state index contributed by atoms with van der Waals surface area (Å²) in [6.07, 6.45) is 1.75. The van der Waals surface area contributed by atoms with Crippen LogP contribution in [0.1, 0.15) is 31.7 Å². The number of hydrogen-bond donors (Lipinski definition) is 2.